The fourth-order valence-corrected chi connectivity index (χ4v) is 2.76. The van der Waals surface area contributed by atoms with Gasteiger partial charge in [-0.1, -0.05) is 0 Å². The molecule has 1 N–H and O–H groups in total. The molecule has 0 radical (unpaired) electrons. The van der Waals surface area contributed by atoms with Gasteiger partial charge in [-0.05, 0) is 49.7 Å². The predicted molar refractivity (Wildman–Crippen MR) is 71.9 cm³/mol. The summed E-state index contributed by atoms with van der Waals surface area (Å²) in [6.07, 6.45) is 7.37. The fraction of sp³-hybridized carbons (Fsp3) is 0.533. The average Bonchev–Trinajstić information content (AvgIpc) is 3.10. The highest BCUT2D eigenvalue weighted by molar-refractivity contribution is 5.79. The lowest BCUT2D eigenvalue weighted by Gasteiger charge is -2.05. The minimum Gasteiger partial charge on any atom is -0.441 e. The average molecular weight is 242 g/mol. The van der Waals surface area contributed by atoms with Crippen molar-refractivity contribution in [2.75, 3.05) is 11.9 Å². The minimum absolute atomic E-state index is 0.828. The first-order valence-corrected chi connectivity index (χ1v) is 7.05. The number of hydrogen-bond acceptors (Lipinski definition) is 3. The number of aryl methyl sites for hydroxylation is 1. The van der Waals surface area contributed by atoms with E-state index in [2.05, 4.69) is 22.4 Å². The van der Waals surface area contributed by atoms with Gasteiger partial charge in [0.15, 0.2) is 11.5 Å². The molecule has 4 rings (SSSR count). The molecule has 2 aliphatic rings. The van der Waals surface area contributed by atoms with Crippen LogP contribution >= 0.6 is 0 Å². The standard InChI is InChI=1S/C15H18N2O/c1-2-6-16-12-9-14-13(8-11(12)3-1)17-15(18-14)7-10-4-5-10/h8-10,16H,1-7H2. The van der Waals surface area contributed by atoms with Gasteiger partial charge in [-0.15, -0.1) is 0 Å². The van der Waals surface area contributed by atoms with E-state index >= 15 is 0 Å². The van der Waals surface area contributed by atoms with E-state index in [1.807, 2.05) is 0 Å². The van der Waals surface area contributed by atoms with E-state index < -0.39 is 0 Å². The lowest BCUT2D eigenvalue weighted by molar-refractivity contribution is 0.514. The lowest BCUT2D eigenvalue weighted by atomic mass is 10.1. The maximum absolute atomic E-state index is 5.87. The van der Waals surface area contributed by atoms with E-state index in [0.717, 1.165) is 42.3 Å². The van der Waals surface area contributed by atoms with E-state index in [1.165, 1.54) is 36.9 Å². The predicted octanol–water partition coefficient (Wildman–Crippen LogP) is 3.53. The second-order valence-electron chi connectivity index (χ2n) is 5.62. The number of nitrogens with one attached hydrogen (secondary N) is 1. The van der Waals surface area contributed by atoms with Gasteiger partial charge in [-0.2, -0.15) is 0 Å². The summed E-state index contributed by atoms with van der Waals surface area (Å²) in [4.78, 5) is 4.64. The lowest BCUT2D eigenvalue weighted by Crippen LogP contribution is -1.99. The Morgan fingerprint density at radius 1 is 1.28 bits per heavy atom. The molecule has 2 heterocycles. The highest BCUT2D eigenvalue weighted by Crippen LogP contribution is 2.34. The largest absolute Gasteiger partial charge is 0.441 e. The van der Waals surface area contributed by atoms with Crippen LogP contribution in [0.5, 0.6) is 0 Å². The molecule has 0 unspecified atom stereocenters. The Morgan fingerprint density at radius 3 is 3.11 bits per heavy atom. The summed E-state index contributed by atoms with van der Waals surface area (Å²) in [5.74, 6) is 1.75. The molecular weight excluding hydrogens is 224 g/mol. The van der Waals surface area contributed by atoms with Crippen molar-refractivity contribution in [2.24, 2.45) is 5.92 Å². The Labute approximate surface area is 107 Å². The number of nitrogens with zero attached hydrogens (tertiary/aromatic N) is 1. The van der Waals surface area contributed by atoms with Crippen molar-refractivity contribution in [1.29, 1.82) is 0 Å². The normalized spacial score (nSPS) is 19.3. The Bertz CT molecular complexity index is 540. The molecule has 1 fully saturated rings. The summed E-state index contributed by atoms with van der Waals surface area (Å²) in [5, 5.41) is 3.49. The van der Waals surface area contributed by atoms with Crippen molar-refractivity contribution >= 4 is 16.8 Å². The third-order valence-electron chi connectivity index (χ3n) is 4.01. The number of benzene rings is 1. The second-order valence-corrected chi connectivity index (χ2v) is 5.62. The highest BCUT2D eigenvalue weighted by atomic mass is 16.3. The molecule has 18 heavy (non-hydrogen) atoms. The van der Waals surface area contributed by atoms with Gasteiger partial charge in [-0.25, -0.2) is 4.98 Å². The molecule has 1 aliphatic carbocycles. The van der Waals surface area contributed by atoms with Gasteiger partial charge in [0.2, 0.25) is 0 Å². The molecule has 94 valence electrons. The van der Waals surface area contributed by atoms with Crippen molar-refractivity contribution in [1.82, 2.24) is 4.98 Å². The minimum atomic E-state index is 0.828. The van der Waals surface area contributed by atoms with Crippen LogP contribution in [0.15, 0.2) is 16.5 Å². The van der Waals surface area contributed by atoms with Gasteiger partial charge in [0.05, 0.1) is 0 Å². The van der Waals surface area contributed by atoms with E-state index in [9.17, 15) is 0 Å². The second kappa shape index (κ2) is 4.01. The van der Waals surface area contributed by atoms with Crippen LogP contribution in [0.1, 0.15) is 37.1 Å². The molecule has 1 aromatic heterocycles. The quantitative estimate of drug-likeness (QED) is 0.875. The first-order chi connectivity index (χ1) is 8.88. The number of oxazole rings is 1. The van der Waals surface area contributed by atoms with Gasteiger partial charge in [0.1, 0.15) is 5.52 Å². The molecule has 0 saturated heterocycles. The summed E-state index contributed by atoms with van der Waals surface area (Å²) < 4.78 is 5.87. The van der Waals surface area contributed by atoms with Crippen LogP contribution in [0.2, 0.25) is 0 Å². The van der Waals surface area contributed by atoms with Crippen molar-refractivity contribution < 1.29 is 4.42 Å². The van der Waals surface area contributed by atoms with Crippen molar-refractivity contribution in [2.45, 2.75) is 38.5 Å². The number of rotatable bonds is 2. The fourth-order valence-electron chi connectivity index (χ4n) is 2.76. The zero-order valence-corrected chi connectivity index (χ0v) is 10.5. The Morgan fingerprint density at radius 2 is 2.22 bits per heavy atom. The van der Waals surface area contributed by atoms with Crippen LogP contribution in [-0.4, -0.2) is 11.5 Å². The van der Waals surface area contributed by atoms with Gasteiger partial charge < -0.3 is 9.73 Å². The SMILES string of the molecule is c1c2c(cc3oc(CC4CC4)nc13)NCCCC2. The zero-order valence-electron chi connectivity index (χ0n) is 10.5. The van der Waals surface area contributed by atoms with Crippen molar-refractivity contribution in [3.8, 4) is 0 Å². The number of anilines is 1. The van der Waals surface area contributed by atoms with Gasteiger partial charge >= 0.3 is 0 Å². The third kappa shape index (κ3) is 1.88. The number of hydrogen-bond donors (Lipinski definition) is 1. The Kier molecular flexibility index (Phi) is 2.32. The van der Waals surface area contributed by atoms with Crippen molar-refractivity contribution in [3.63, 3.8) is 0 Å². The smallest absolute Gasteiger partial charge is 0.195 e. The zero-order chi connectivity index (χ0) is 11.9. The topological polar surface area (TPSA) is 38.1 Å². The van der Waals surface area contributed by atoms with Crippen LogP contribution in [-0.2, 0) is 12.8 Å². The molecule has 0 atom stereocenters. The molecule has 3 nitrogen and oxygen atoms in total. The van der Waals surface area contributed by atoms with Gasteiger partial charge in [0.25, 0.3) is 0 Å². The molecular formula is C15H18N2O. The Balaban J connectivity index is 1.74. The summed E-state index contributed by atoms with van der Waals surface area (Å²) >= 11 is 0. The van der Waals surface area contributed by atoms with E-state index in [1.54, 1.807) is 0 Å². The molecule has 1 aromatic carbocycles. The molecule has 0 bridgehead atoms. The molecule has 0 spiro atoms. The first-order valence-electron chi connectivity index (χ1n) is 7.05. The molecule has 3 heteroatoms. The summed E-state index contributed by atoms with van der Waals surface area (Å²) in [6.45, 7) is 1.07. The number of fused-ring (bicyclic) bond motifs is 2. The van der Waals surface area contributed by atoms with Gasteiger partial charge in [0, 0.05) is 24.7 Å². The number of aromatic nitrogens is 1. The molecule has 0 amide bonds. The van der Waals surface area contributed by atoms with E-state index in [-0.39, 0.29) is 0 Å². The van der Waals surface area contributed by atoms with E-state index in [0.29, 0.717) is 0 Å². The Hall–Kier alpha value is -1.51. The summed E-state index contributed by atoms with van der Waals surface area (Å²) in [7, 11) is 0. The first kappa shape index (κ1) is 10.4. The third-order valence-corrected chi connectivity index (χ3v) is 4.01. The maximum atomic E-state index is 5.87. The molecule has 1 saturated carbocycles. The van der Waals surface area contributed by atoms with Crippen LogP contribution < -0.4 is 5.32 Å². The van der Waals surface area contributed by atoms with Crippen LogP contribution in [0.3, 0.4) is 0 Å². The van der Waals surface area contributed by atoms with Crippen LogP contribution in [0.4, 0.5) is 5.69 Å². The maximum Gasteiger partial charge on any atom is 0.195 e. The van der Waals surface area contributed by atoms with Gasteiger partial charge in [-0.3, -0.25) is 0 Å². The monoisotopic (exact) mass is 242 g/mol. The molecule has 2 aromatic rings. The molecule has 1 aliphatic heterocycles. The van der Waals surface area contributed by atoms with Crippen molar-refractivity contribution in [3.05, 3.63) is 23.6 Å². The summed E-state index contributed by atoms with van der Waals surface area (Å²) in [5.41, 5.74) is 4.62. The highest BCUT2D eigenvalue weighted by Gasteiger charge is 2.24. The summed E-state index contributed by atoms with van der Waals surface area (Å²) in [6, 6.07) is 4.35. The van der Waals surface area contributed by atoms with Crippen LogP contribution in [0.25, 0.3) is 11.1 Å². The van der Waals surface area contributed by atoms with Crippen LogP contribution in [0, 0.1) is 5.92 Å². The van der Waals surface area contributed by atoms with E-state index in [4.69, 9.17) is 4.42 Å².